The van der Waals surface area contributed by atoms with Crippen LogP contribution in [0.15, 0.2) is 0 Å². The van der Waals surface area contributed by atoms with Gasteiger partial charge in [0.05, 0.1) is 6.61 Å². The van der Waals surface area contributed by atoms with Gasteiger partial charge in [-0.1, -0.05) is 0 Å². The second-order valence-corrected chi connectivity index (χ2v) is 3.65. The first-order chi connectivity index (χ1) is 5.74. The van der Waals surface area contributed by atoms with Crippen LogP contribution < -0.4 is 0 Å². The number of hydrogen-bond donors (Lipinski definition) is 4. The Balaban J connectivity index is 3.95. The molecule has 0 heterocycles. The van der Waals surface area contributed by atoms with Crippen molar-refractivity contribution in [1.29, 1.82) is 0 Å². The molecule has 0 aliphatic carbocycles. The van der Waals surface area contributed by atoms with Gasteiger partial charge in [0.1, 0.15) is 12.2 Å². The van der Waals surface area contributed by atoms with Crippen LogP contribution in [0, 0.1) is 0 Å². The normalized spacial score (nSPS) is 16.7. The highest BCUT2D eigenvalue weighted by molar-refractivity contribution is 7.46. The maximum atomic E-state index is 10.5. The van der Waals surface area contributed by atoms with Crippen molar-refractivity contribution < 1.29 is 33.9 Å². The van der Waals surface area contributed by atoms with Crippen LogP contribution in [-0.2, 0) is 13.9 Å². The van der Waals surface area contributed by atoms with E-state index in [1.165, 1.54) is 0 Å². The summed E-state index contributed by atoms with van der Waals surface area (Å²) in [5, 5.41) is 17.8. The minimum Gasteiger partial charge on any atom is -0.388 e. The van der Waals surface area contributed by atoms with E-state index in [0.717, 1.165) is 6.92 Å². The van der Waals surface area contributed by atoms with Gasteiger partial charge < -0.3 is 20.0 Å². The SMILES string of the molecule is [13CH3][13C](=O)[13C@@H](O)[13C@@H](O)[13CH2]OP(=O)(O)O. The summed E-state index contributed by atoms with van der Waals surface area (Å²) in [5.74, 6) is -0.707. The molecule has 0 aromatic heterocycles. The van der Waals surface area contributed by atoms with Gasteiger partial charge in [-0.2, -0.15) is 0 Å². The van der Waals surface area contributed by atoms with Crippen LogP contribution in [0.5, 0.6) is 0 Å². The summed E-state index contributed by atoms with van der Waals surface area (Å²) in [6.45, 7) is 0.233. The Morgan fingerprint density at radius 2 is 1.92 bits per heavy atom. The van der Waals surface area contributed by atoms with Crippen molar-refractivity contribution in [2.45, 2.75) is 19.1 Å². The summed E-state index contributed by atoms with van der Waals surface area (Å²) in [5.41, 5.74) is 0. The molecule has 2 atom stereocenters. The lowest BCUT2D eigenvalue weighted by Gasteiger charge is -2.15. The first-order valence-electron chi connectivity index (χ1n) is 3.30. The molecule has 0 bridgehead atoms. The minimum absolute atomic E-state index is 0.707. The number of phosphoric ester groups is 1. The Hall–Kier alpha value is -0.300. The highest BCUT2D eigenvalue weighted by Gasteiger charge is 2.24. The van der Waals surface area contributed by atoms with Crippen molar-refractivity contribution in [2.75, 3.05) is 6.61 Å². The summed E-state index contributed by atoms with van der Waals surface area (Å²) < 4.78 is 14.0. The number of rotatable bonds is 5. The van der Waals surface area contributed by atoms with E-state index < -0.39 is 32.4 Å². The monoisotopic (exact) mass is 219 g/mol. The maximum absolute atomic E-state index is 10.5. The average Bonchev–Trinajstić information content (AvgIpc) is 1.97. The zero-order valence-corrected chi connectivity index (χ0v) is 7.72. The topological polar surface area (TPSA) is 124 Å². The molecule has 0 saturated carbocycles. The molecule has 7 nitrogen and oxygen atoms in total. The van der Waals surface area contributed by atoms with Crippen LogP contribution in [0.3, 0.4) is 0 Å². The van der Waals surface area contributed by atoms with Gasteiger partial charge in [-0.3, -0.25) is 9.32 Å². The van der Waals surface area contributed by atoms with E-state index in [4.69, 9.17) is 20.0 Å². The van der Waals surface area contributed by atoms with Crippen LogP contribution in [0.2, 0.25) is 0 Å². The van der Waals surface area contributed by atoms with E-state index in [1.54, 1.807) is 0 Å². The largest absolute Gasteiger partial charge is 0.469 e. The molecule has 0 spiro atoms. The molecule has 0 aliphatic heterocycles. The number of aliphatic hydroxyl groups excluding tert-OH is 2. The third-order valence-corrected chi connectivity index (χ3v) is 1.68. The molecule has 0 unspecified atom stereocenters. The first kappa shape index (κ1) is 12.7. The van der Waals surface area contributed by atoms with Crippen LogP contribution in [0.1, 0.15) is 6.92 Å². The number of phosphoric acid groups is 1. The van der Waals surface area contributed by atoms with Gasteiger partial charge in [0, 0.05) is 0 Å². The van der Waals surface area contributed by atoms with E-state index in [1.807, 2.05) is 0 Å². The Kier molecular flexibility index (Phi) is 4.69. The predicted molar refractivity (Wildman–Crippen MR) is 40.7 cm³/mol. The zero-order chi connectivity index (χ0) is 10.6. The van der Waals surface area contributed by atoms with Gasteiger partial charge in [-0.25, -0.2) is 4.57 Å². The minimum atomic E-state index is -4.67. The highest BCUT2D eigenvalue weighted by Crippen LogP contribution is 2.35. The highest BCUT2D eigenvalue weighted by atomic mass is 31.2. The van der Waals surface area contributed by atoms with Gasteiger partial charge in [-0.15, -0.1) is 0 Å². The third-order valence-electron chi connectivity index (χ3n) is 1.19. The molecule has 0 aromatic carbocycles. The molecule has 0 aromatic rings. The second kappa shape index (κ2) is 4.80. The van der Waals surface area contributed by atoms with Crippen LogP contribution in [0.25, 0.3) is 0 Å². The van der Waals surface area contributed by atoms with Gasteiger partial charge in [-0.05, 0) is 6.92 Å². The maximum Gasteiger partial charge on any atom is 0.469 e. The predicted octanol–water partition coefficient (Wildman–Crippen LogP) is -1.59. The Morgan fingerprint density at radius 1 is 1.46 bits per heavy atom. The van der Waals surface area contributed by atoms with E-state index in [0.29, 0.717) is 0 Å². The summed E-state index contributed by atoms with van der Waals surface area (Å²) >= 11 is 0. The van der Waals surface area contributed by atoms with Gasteiger partial charge in [0.2, 0.25) is 0 Å². The molecule has 13 heavy (non-hydrogen) atoms. The smallest absolute Gasteiger partial charge is 0.388 e. The van der Waals surface area contributed by atoms with E-state index in [2.05, 4.69) is 4.52 Å². The van der Waals surface area contributed by atoms with Crippen molar-refractivity contribution in [3.05, 3.63) is 0 Å². The summed E-state index contributed by atoms with van der Waals surface area (Å²) in [6, 6.07) is 0. The van der Waals surface area contributed by atoms with Crippen molar-refractivity contribution in [3.8, 4) is 0 Å². The molecule has 8 heteroatoms. The van der Waals surface area contributed by atoms with E-state index in [-0.39, 0.29) is 0 Å². The molecule has 0 fully saturated rings. The number of carbonyl (C=O) groups excluding carboxylic acids is 1. The number of hydrogen-bond acceptors (Lipinski definition) is 5. The fourth-order valence-electron chi connectivity index (χ4n) is 0.536. The van der Waals surface area contributed by atoms with Crippen LogP contribution in [0.4, 0.5) is 0 Å². The number of ketones is 1. The molecule has 0 aliphatic rings. The standard InChI is InChI=1S/C5H11O7P/c1-3(6)5(8)4(7)2-12-13(9,10)11/h4-5,7-8H,2H2,1H3,(H2,9,10,11)/t4-,5+/m0/s1/i1+1,2+1,3+1,4+1,5+1. The van der Waals surface area contributed by atoms with Crippen molar-refractivity contribution in [3.63, 3.8) is 0 Å². The first-order valence-corrected chi connectivity index (χ1v) is 4.83. The molecule has 78 valence electrons. The van der Waals surface area contributed by atoms with Crippen molar-refractivity contribution in [1.82, 2.24) is 0 Å². The Labute approximate surface area is 74.2 Å². The lowest BCUT2D eigenvalue weighted by molar-refractivity contribution is -0.132. The molecule has 0 rings (SSSR count). The molecule has 4 N–H and O–H groups in total. The van der Waals surface area contributed by atoms with E-state index in [9.17, 15) is 9.36 Å². The third kappa shape index (κ3) is 5.87. The van der Waals surface area contributed by atoms with Gasteiger partial charge >= 0.3 is 7.82 Å². The van der Waals surface area contributed by atoms with Crippen LogP contribution >= 0.6 is 7.82 Å². The quantitative estimate of drug-likeness (QED) is 0.324. The summed E-state index contributed by atoms with van der Waals surface area (Å²) in [7, 11) is -4.67. The van der Waals surface area contributed by atoms with Gasteiger partial charge in [0.25, 0.3) is 0 Å². The van der Waals surface area contributed by atoms with Crippen molar-refractivity contribution in [2.24, 2.45) is 0 Å². The fourth-order valence-corrected chi connectivity index (χ4v) is 0.882. The number of Topliss-reactive ketones (excluding diaryl/α,β-unsaturated/α-hetero) is 1. The molecule has 0 amide bonds. The molecular weight excluding hydrogens is 208 g/mol. The molecule has 0 radical (unpaired) electrons. The summed E-state index contributed by atoms with van der Waals surface area (Å²) in [4.78, 5) is 26.8. The molecule has 0 saturated heterocycles. The van der Waals surface area contributed by atoms with Crippen LogP contribution in [-0.4, -0.2) is 44.6 Å². The lowest BCUT2D eigenvalue weighted by atomic mass is 11.1. The summed E-state index contributed by atoms with van der Waals surface area (Å²) in [6.07, 6.45) is -3.32. The second-order valence-electron chi connectivity index (χ2n) is 2.41. The lowest BCUT2D eigenvalue weighted by Crippen LogP contribution is -2.35. The van der Waals surface area contributed by atoms with Crippen molar-refractivity contribution >= 4 is 13.6 Å². The number of carbonyl (C=O) groups is 1. The Bertz CT molecular complexity index is 221. The average molecular weight is 219 g/mol. The number of aliphatic hydroxyl groups is 2. The zero-order valence-electron chi connectivity index (χ0n) is 6.82. The van der Waals surface area contributed by atoms with E-state index >= 15 is 0 Å². The Morgan fingerprint density at radius 3 is 2.23 bits per heavy atom. The molecular formula is C5H11O7P. The van der Waals surface area contributed by atoms with Gasteiger partial charge in [0.15, 0.2) is 5.78 Å². The fraction of sp³-hybridized carbons (Fsp3) is 0.800.